The van der Waals surface area contributed by atoms with Gasteiger partial charge in [-0.1, -0.05) is 30.9 Å². The molecular weight excluding hydrogens is 276 g/mol. The summed E-state index contributed by atoms with van der Waals surface area (Å²) in [5.41, 5.74) is 10.5. The van der Waals surface area contributed by atoms with E-state index in [0.717, 1.165) is 36.1 Å². The molecule has 1 aromatic rings. The summed E-state index contributed by atoms with van der Waals surface area (Å²) in [6.45, 7) is 5.78. The topological polar surface area (TPSA) is 64.3 Å². The summed E-state index contributed by atoms with van der Waals surface area (Å²) in [6.07, 6.45) is 8.84. The zero-order valence-corrected chi connectivity index (χ0v) is 13.1. The number of methoxy groups -OCH3 is 1. The fourth-order valence-electron chi connectivity index (χ4n) is 2.80. The lowest BCUT2D eigenvalue weighted by Gasteiger charge is -2.16. The average molecular weight is 298 g/mol. The quantitative estimate of drug-likeness (QED) is 0.641. The summed E-state index contributed by atoms with van der Waals surface area (Å²) in [4.78, 5) is 11.4. The van der Waals surface area contributed by atoms with Crippen LogP contribution in [0.5, 0.6) is 0 Å². The van der Waals surface area contributed by atoms with Gasteiger partial charge in [0.05, 0.1) is 12.8 Å². The molecule has 0 unspecified atom stereocenters. The second-order valence-corrected chi connectivity index (χ2v) is 5.24. The molecule has 1 aliphatic carbocycles. The number of aryl methyl sites for hydroxylation is 1. The van der Waals surface area contributed by atoms with E-state index in [-0.39, 0.29) is 0 Å². The van der Waals surface area contributed by atoms with E-state index in [1.165, 1.54) is 11.1 Å². The van der Waals surface area contributed by atoms with Crippen LogP contribution in [0.15, 0.2) is 42.7 Å². The number of urea groups is 1. The Hall–Kier alpha value is -2.49. The number of benzene rings is 1. The second kappa shape index (κ2) is 6.98. The molecule has 4 heteroatoms. The monoisotopic (exact) mass is 298 g/mol. The molecule has 4 nitrogen and oxygen atoms in total. The van der Waals surface area contributed by atoms with Crippen LogP contribution < -0.4 is 11.1 Å². The number of primary amides is 1. The Morgan fingerprint density at radius 2 is 2.18 bits per heavy atom. The summed E-state index contributed by atoms with van der Waals surface area (Å²) < 4.78 is 5.15. The van der Waals surface area contributed by atoms with E-state index >= 15 is 0 Å². The van der Waals surface area contributed by atoms with Gasteiger partial charge in [-0.25, -0.2) is 4.79 Å². The van der Waals surface area contributed by atoms with Crippen molar-refractivity contribution in [1.29, 1.82) is 0 Å². The van der Waals surface area contributed by atoms with E-state index in [1.54, 1.807) is 7.11 Å². The molecule has 0 saturated heterocycles. The molecule has 2 rings (SSSR count). The Morgan fingerprint density at radius 3 is 2.82 bits per heavy atom. The summed E-state index contributed by atoms with van der Waals surface area (Å²) in [5, 5.41) is 2.80. The van der Waals surface area contributed by atoms with Crippen molar-refractivity contribution in [1.82, 2.24) is 0 Å². The van der Waals surface area contributed by atoms with Crippen LogP contribution in [0.2, 0.25) is 0 Å². The van der Waals surface area contributed by atoms with Gasteiger partial charge in [0.1, 0.15) is 5.76 Å². The molecule has 0 heterocycles. The Morgan fingerprint density at radius 1 is 1.41 bits per heavy atom. The number of nitrogens with one attached hydrogen (secondary N) is 1. The summed E-state index contributed by atoms with van der Waals surface area (Å²) in [7, 11) is 1.58. The molecule has 0 fully saturated rings. The lowest BCUT2D eigenvalue weighted by Crippen LogP contribution is -2.21. The van der Waals surface area contributed by atoms with Gasteiger partial charge < -0.3 is 15.8 Å². The molecule has 0 bridgehead atoms. The van der Waals surface area contributed by atoms with Gasteiger partial charge >= 0.3 is 6.03 Å². The highest BCUT2D eigenvalue weighted by molar-refractivity contribution is 5.95. The van der Waals surface area contributed by atoms with E-state index in [0.29, 0.717) is 5.76 Å². The van der Waals surface area contributed by atoms with E-state index < -0.39 is 6.03 Å². The van der Waals surface area contributed by atoms with Crippen molar-refractivity contribution < 1.29 is 9.53 Å². The molecule has 0 aromatic heterocycles. The number of anilines is 1. The molecular formula is C18H22N2O2. The predicted octanol–water partition coefficient (Wildman–Crippen LogP) is 3.79. The van der Waals surface area contributed by atoms with Crippen molar-refractivity contribution in [3.63, 3.8) is 0 Å². The zero-order chi connectivity index (χ0) is 16.1. The summed E-state index contributed by atoms with van der Waals surface area (Å²) in [5.74, 6) is 0.554. The van der Waals surface area contributed by atoms with Crippen molar-refractivity contribution >= 4 is 17.3 Å². The largest absolute Gasteiger partial charge is 0.497 e. The second-order valence-electron chi connectivity index (χ2n) is 5.24. The Bertz CT molecular complexity index is 657. The molecule has 116 valence electrons. The smallest absolute Gasteiger partial charge is 0.316 e. The van der Waals surface area contributed by atoms with E-state index in [2.05, 4.69) is 18.0 Å². The maximum absolute atomic E-state index is 11.4. The number of amides is 2. The lowest BCUT2D eigenvalue weighted by molar-refractivity contribution is 0.259. The molecule has 0 saturated carbocycles. The van der Waals surface area contributed by atoms with E-state index in [9.17, 15) is 4.79 Å². The molecule has 22 heavy (non-hydrogen) atoms. The van der Waals surface area contributed by atoms with Gasteiger partial charge in [-0.05, 0) is 49.0 Å². The lowest BCUT2D eigenvalue weighted by atomic mass is 9.96. The Balaban J connectivity index is 2.59. The number of hydrogen-bond acceptors (Lipinski definition) is 2. The number of ether oxygens (including phenoxy) is 1. The number of rotatable bonds is 5. The zero-order valence-electron chi connectivity index (χ0n) is 13.1. The first-order valence-corrected chi connectivity index (χ1v) is 7.35. The van der Waals surface area contributed by atoms with Crippen LogP contribution in [-0.2, 0) is 17.6 Å². The summed E-state index contributed by atoms with van der Waals surface area (Å²) >= 11 is 0. The molecule has 0 atom stereocenters. The number of fused-ring (bicyclic) bond motifs is 1. The molecule has 3 N–H and O–H groups in total. The average Bonchev–Trinajstić information content (AvgIpc) is 2.95. The maximum Gasteiger partial charge on any atom is 0.316 e. The first-order chi connectivity index (χ1) is 10.6. The molecule has 2 amide bonds. The normalized spacial score (nSPS) is 14.0. The third-order valence-corrected chi connectivity index (χ3v) is 3.77. The Labute approximate surface area is 131 Å². The minimum absolute atomic E-state index is 0.549. The molecule has 0 spiro atoms. The van der Waals surface area contributed by atoms with Crippen LogP contribution in [0.4, 0.5) is 10.5 Å². The van der Waals surface area contributed by atoms with Gasteiger partial charge in [-0.3, -0.25) is 0 Å². The van der Waals surface area contributed by atoms with Gasteiger partial charge in [0.15, 0.2) is 0 Å². The van der Waals surface area contributed by atoms with Crippen LogP contribution in [0.1, 0.15) is 30.0 Å². The van der Waals surface area contributed by atoms with Gasteiger partial charge in [0.25, 0.3) is 0 Å². The fraction of sp³-hybridized carbons (Fsp3) is 0.278. The number of carbonyl (C=O) groups is 1. The fourth-order valence-corrected chi connectivity index (χ4v) is 2.80. The van der Waals surface area contributed by atoms with Crippen molar-refractivity contribution in [2.75, 3.05) is 12.4 Å². The van der Waals surface area contributed by atoms with Crippen LogP contribution >= 0.6 is 0 Å². The SMILES string of the molecule is C=C(/C=C(\C=C/C)c1ccc2c(c1NC(N)=O)CCC2)OC. The van der Waals surface area contributed by atoms with Crippen LogP contribution in [0.3, 0.4) is 0 Å². The van der Waals surface area contributed by atoms with Crippen LogP contribution in [-0.4, -0.2) is 13.1 Å². The van der Waals surface area contributed by atoms with Crippen molar-refractivity contribution in [2.45, 2.75) is 26.2 Å². The number of carbonyl (C=O) groups excluding carboxylic acids is 1. The van der Waals surface area contributed by atoms with Crippen molar-refractivity contribution in [3.8, 4) is 0 Å². The first kappa shape index (κ1) is 15.9. The molecule has 0 aliphatic heterocycles. The number of hydrogen-bond donors (Lipinski definition) is 2. The molecule has 1 aliphatic rings. The molecule has 0 radical (unpaired) electrons. The van der Waals surface area contributed by atoms with Gasteiger partial charge in [-0.15, -0.1) is 0 Å². The predicted molar refractivity (Wildman–Crippen MR) is 90.6 cm³/mol. The third kappa shape index (κ3) is 3.39. The minimum atomic E-state index is -0.549. The van der Waals surface area contributed by atoms with Crippen LogP contribution in [0, 0.1) is 0 Å². The summed E-state index contributed by atoms with van der Waals surface area (Å²) in [6, 6.07) is 3.59. The van der Waals surface area contributed by atoms with Crippen molar-refractivity contribution in [3.05, 3.63) is 59.4 Å². The number of nitrogens with two attached hydrogens (primary N) is 1. The van der Waals surface area contributed by atoms with Gasteiger partial charge in [0, 0.05) is 5.56 Å². The van der Waals surface area contributed by atoms with Gasteiger partial charge in [-0.2, -0.15) is 0 Å². The molecule has 1 aromatic carbocycles. The first-order valence-electron chi connectivity index (χ1n) is 7.35. The third-order valence-electron chi connectivity index (χ3n) is 3.77. The van der Waals surface area contributed by atoms with Gasteiger partial charge in [0.2, 0.25) is 0 Å². The van der Waals surface area contributed by atoms with E-state index in [4.69, 9.17) is 10.5 Å². The standard InChI is InChI=1S/C18H22N2O2/c1-4-6-14(11-12(2)22-3)16-10-9-13-7-5-8-15(13)17(16)20-18(19)21/h4,6,9-11H,2,5,7-8H2,1,3H3,(H3,19,20,21)/b6-4-,14-11+. The highest BCUT2D eigenvalue weighted by atomic mass is 16.5. The van der Waals surface area contributed by atoms with E-state index in [1.807, 2.05) is 31.2 Å². The highest BCUT2D eigenvalue weighted by Gasteiger charge is 2.20. The Kier molecular flexibility index (Phi) is 5.04. The highest BCUT2D eigenvalue weighted by Crippen LogP contribution is 2.36. The maximum atomic E-state index is 11.4. The number of allylic oxidation sites excluding steroid dienone is 4. The van der Waals surface area contributed by atoms with Crippen LogP contribution in [0.25, 0.3) is 5.57 Å². The minimum Gasteiger partial charge on any atom is -0.497 e. The van der Waals surface area contributed by atoms with Crippen molar-refractivity contribution in [2.24, 2.45) is 5.73 Å².